The summed E-state index contributed by atoms with van der Waals surface area (Å²) in [5.41, 5.74) is 7.80. The Bertz CT molecular complexity index is 886. The van der Waals surface area contributed by atoms with Crippen molar-refractivity contribution in [3.05, 3.63) is 65.6 Å². The molecular formula is C16H14ClN7O. The number of nitrogens with one attached hydrogen (secondary N) is 2. The minimum absolute atomic E-state index is 0.0315. The summed E-state index contributed by atoms with van der Waals surface area (Å²) in [4.78, 5) is 28.1. The van der Waals surface area contributed by atoms with Crippen LogP contribution in [0.5, 0.6) is 0 Å². The molecule has 0 saturated heterocycles. The molecule has 3 aromatic rings. The first-order chi connectivity index (χ1) is 12.1. The van der Waals surface area contributed by atoms with Crippen LogP contribution in [0.2, 0.25) is 5.02 Å². The first-order valence-corrected chi connectivity index (χ1v) is 7.68. The molecule has 0 aliphatic carbocycles. The largest absolute Gasteiger partial charge is 0.382 e. The number of hydrogen-bond donors (Lipinski definition) is 3. The van der Waals surface area contributed by atoms with Crippen molar-refractivity contribution in [3.63, 3.8) is 0 Å². The maximum atomic E-state index is 12.1. The van der Waals surface area contributed by atoms with Gasteiger partial charge >= 0.3 is 0 Å². The van der Waals surface area contributed by atoms with Crippen LogP contribution in [-0.4, -0.2) is 25.8 Å². The van der Waals surface area contributed by atoms with Gasteiger partial charge in [0.1, 0.15) is 5.82 Å². The highest BCUT2D eigenvalue weighted by molar-refractivity contribution is 6.30. The van der Waals surface area contributed by atoms with Gasteiger partial charge in [0.25, 0.3) is 5.91 Å². The summed E-state index contributed by atoms with van der Waals surface area (Å²) in [5, 5.41) is 6.23. The average Bonchev–Trinajstić information content (AvgIpc) is 2.62. The van der Waals surface area contributed by atoms with E-state index in [4.69, 9.17) is 17.3 Å². The van der Waals surface area contributed by atoms with Gasteiger partial charge in [0.05, 0.1) is 22.9 Å². The summed E-state index contributed by atoms with van der Waals surface area (Å²) >= 11 is 5.71. The van der Waals surface area contributed by atoms with Crippen LogP contribution in [0.25, 0.3) is 0 Å². The van der Waals surface area contributed by atoms with Crippen molar-refractivity contribution >= 4 is 34.7 Å². The molecule has 0 aliphatic rings. The quantitative estimate of drug-likeness (QED) is 0.642. The Kier molecular flexibility index (Phi) is 5.00. The molecule has 0 radical (unpaired) electrons. The van der Waals surface area contributed by atoms with E-state index in [0.29, 0.717) is 28.8 Å². The molecule has 0 atom stereocenters. The van der Waals surface area contributed by atoms with Gasteiger partial charge in [-0.15, -0.1) is 0 Å². The molecule has 25 heavy (non-hydrogen) atoms. The highest BCUT2D eigenvalue weighted by atomic mass is 35.5. The fraction of sp³-hybridized carbons (Fsp3) is 0.0625. The van der Waals surface area contributed by atoms with Crippen molar-refractivity contribution in [1.82, 2.24) is 19.9 Å². The maximum absolute atomic E-state index is 12.1. The molecule has 0 bridgehead atoms. The van der Waals surface area contributed by atoms with Crippen LogP contribution in [0, 0.1) is 0 Å². The Morgan fingerprint density at radius 2 is 1.92 bits per heavy atom. The molecular weight excluding hydrogens is 342 g/mol. The van der Waals surface area contributed by atoms with Crippen molar-refractivity contribution < 1.29 is 4.79 Å². The summed E-state index contributed by atoms with van der Waals surface area (Å²) in [7, 11) is 0. The number of nitrogen functional groups attached to an aromatic ring is 1. The molecule has 3 rings (SSSR count). The topological polar surface area (TPSA) is 119 Å². The van der Waals surface area contributed by atoms with Gasteiger partial charge in [0.15, 0.2) is 0 Å². The van der Waals surface area contributed by atoms with E-state index in [1.807, 2.05) is 6.07 Å². The third-order valence-corrected chi connectivity index (χ3v) is 3.39. The number of nitrogens with zero attached hydrogens (tertiary/aromatic N) is 4. The van der Waals surface area contributed by atoms with Gasteiger partial charge in [0, 0.05) is 30.5 Å². The van der Waals surface area contributed by atoms with E-state index < -0.39 is 5.91 Å². The van der Waals surface area contributed by atoms with Gasteiger partial charge in [-0.3, -0.25) is 9.78 Å². The van der Waals surface area contributed by atoms with E-state index in [1.54, 1.807) is 30.6 Å². The van der Waals surface area contributed by atoms with Gasteiger partial charge in [-0.25, -0.2) is 15.0 Å². The van der Waals surface area contributed by atoms with Gasteiger partial charge in [-0.05, 0) is 24.3 Å². The lowest BCUT2D eigenvalue weighted by Crippen LogP contribution is -2.15. The highest BCUT2D eigenvalue weighted by Crippen LogP contribution is 2.16. The summed E-state index contributed by atoms with van der Waals surface area (Å²) in [6.07, 6.45) is 5.95. The van der Waals surface area contributed by atoms with Gasteiger partial charge in [-0.1, -0.05) is 11.6 Å². The second kappa shape index (κ2) is 7.54. The molecule has 1 amide bonds. The lowest BCUT2D eigenvalue weighted by atomic mass is 10.3. The third-order valence-electron chi connectivity index (χ3n) is 3.20. The van der Waals surface area contributed by atoms with Crippen LogP contribution in [0.3, 0.4) is 0 Å². The number of anilines is 3. The monoisotopic (exact) mass is 355 g/mol. The zero-order valence-electron chi connectivity index (χ0n) is 13.0. The molecule has 4 N–H and O–H groups in total. The minimum atomic E-state index is -0.432. The van der Waals surface area contributed by atoms with Gasteiger partial charge in [-0.2, -0.15) is 0 Å². The lowest BCUT2D eigenvalue weighted by Gasteiger charge is -2.09. The number of amides is 1. The number of carbonyl (C=O) groups is 1. The fourth-order valence-corrected chi connectivity index (χ4v) is 2.12. The smallest absolute Gasteiger partial charge is 0.293 e. The van der Waals surface area contributed by atoms with Crippen molar-refractivity contribution in [3.8, 4) is 0 Å². The number of pyridine rings is 2. The molecule has 126 valence electrons. The molecule has 0 fully saturated rings. The van der Waals surface area contributed by atoms with E-state index in [1.165, 1.54) is 12.4 Å². The standard InChI is InChI=1S/C16H14ClN7O/c17-10-7-22-15(23-8-10)16(25)24-11-3-5-19-12(6-11)9-21-13-2-1-4-20-14(13)18/h1-8,21H,9H2,(H2,18,20)(H,19,24,25). The molecule has 0 saturated carbocycles. The second-order valence-corrected chi connectivity index (χ2v) is 5.44. The number of carbonyl (C=O) groups excluding carboxylic acids is 1. The van der Waals surface area contributed by atoms with E-state index >= 15 is 0 Å². The zero-order chi connectivity index (χ0) is 17.6. The molecule has 0 spiro atoms. The van der Waals surface area contributed by atoms with Crippen LogP contribution in [0.1, 0.15) is 16.3 Å². The molecule has 3 heterocycles. The SMILES string of the molecule is Nc1ncccc1NCc1cc(NC(=O)c2ncc(Cl)cn2)ccn1. The molecule has 9 heteroatoms. The van der Waals surface area contributed by atoms with E-state index in [2.05, 4.69) is 30.6 Å². The molecule has 0 aliphatic heterocycles. The summed E-state index contributed by atoms with van der Waals surface area (Å²) in [6.45, 7) is 0.428. The number of hydrogen-bond acceptors (Lipinski definition) is 7. The Morgan fingerprint density at radius 3 is 2.68 bits per heavy atom. The van der Waals surface area contributed by atoms with E-state index in [0.717, 1.165) is 5.69 Å². The first-order valence-electron chi connectivity index (χ1n) is 7.30. The Balaban J connectivity index is 1.66. The van der Waals surface area contributed by atoms with E-state index in [9.17, 15) is 4.79 Å². The Morgan fingerprint density at radius 1 is 1.12 bits per heavy atom. The molecule has 8 nitrogen and oxygen atoms in total. The van der Waals surface area contributed by atoms with Crippen molar-refractivity contribution in [2.24, 2.45) is 0 Å². The predicted octanol–water partition coefficient (Wildman–Crippen LogP) is 2.37. The average molecular weight is 356 g/mol. The molecule has 0 unspecified atom stereocenters. The van der Waals surface area contributed by atoms with Crippen molar-refractivity contribution in [2.45, 2.75) is 6.54 Å². The van der Waals surface area contributed by atoms with Crippen molar-refractivity contribution in [1.29, 1.82) is 0 Å². The number of halogens is 1. The predicted molar refractivity (Wildman–Crippen MR) is 95.2 cm³/mol. The maximum Gasteiger partial charge on any atom is 0.293 e. The van der Waals surface area contributed by atoms with Crippen LogP contribution >= 0.6 is 11.6 Å². The lowest BCUT2D eigenvalue weighted by molar-refractivity contribution is 0.101. The summed E-state index contributed by atoms with van der Waals surface area (Å²) < 4.78 is 0. The molecule has 0 aromatic carbocycles. The van der Waals surface area contributed by atoms with Gasteiger partial charge in [0.2, 0.25) is 5.82 Å². The minimum Gasteiger partial charge on any atom is -0.382 e. The zero-order valence-corrected chi connectivity index (χ0v) is 13.7. The third kappa shape index (κ3) is 4.39. The first kappa shape index (κ1) is 16.6. The highest BCUT2D eigenvalue weighted by Gasteiger charge is 2.10. The summed E-state index contributed by atoms with van der Waals surface area (Å²) in [6, 6.07) is 7.03. The molecule has 3 aromatic heterocycles. The van der Waals surface area contributed by atoms with Crippen LogP contribution in [0.15, 0.2) is 49.1 Å². The van der Waals surface area contributed by atoms with E-state index in [-0.39, 0.29) is 5.82 Å². The number of nitrogens with two attached hydrogens (primary N) is 1. The summed E-state index contributed by atoms with van der Waals surface area (Å²) in [5.74, 6) is 0.00847. The van der Waals surface area contributed by atoms with Crippen LogP contribution < -0.4 is 16.4 Å². The normalized spacial score (nSPS) is 10.3. The van der Waals surface area contributed by atoms with Gasteiger partial charge < -0.3 is 16.4 Å². The Hall–Kier alpha value is -3.26. The number of aromatic nitrogens is 4. The van der Waals surface area contributed by atoms with Crippen LogP contribution in [-0.2, 0) is 6.54 Å². The van der Waals surface area contributed by atoms with Crippen LogP contribution in [0.4, 0.5) is 17.2 Å². The number of rotatable bonds is 5. The Labute approximate surface area is 148 Å². The second-order valence-electron chi connectivity index (χ2n) is 5.00. The van der Waals surface area contributed by atoms with Crippen molar-refractivity contribution in [2.75, 3.05) is 16.4 Å². The fourth-order valence-electron chi connectivity index (χ4n) is 2.02.